The van der Waals surface area contributed by atoms with Crippen molar-refractivity contribution < 1.29 is 14.3 Å². The first-order chi connectivity index (χ1) is 13.9. The number of morpholine rings is 1. The van der Waals surface area contributed by atoms with E-state index in [2.05, 4.69) is 25.9 Å². The summed E-state index contributed by atoms with van der Waals surface area (Å²) in [5, 5.41) is 9.16. The number of aromatic nitrogens is 2. The number of nitrogens with zero attached hydrogens (tertiary/aromatic N) is 3. The number of carbonyl (C=O) groups excluding carboxylic acids is 1. The van der Waals surface area contributed by atoms with E-state index in [0.717, 1.165) is 17.9 Å². The van der Waals surface area contributed by atoms with Crippen molar-refractivity contribution in [3.8, 4) is 5.75 Å². The maximum absolute atomic E-state index is 12.4. The van der Waals surface area contributed by atoms with Crippen molar-refractivity contribution in [1.82, 2.24) is 15.3 Å². The molecule has 2 heterocycles. The molecule has 29 heavy (non-hydrogen) atoms. The Labute approximate surface area is 174 Å². The Balaban J connectivity index is 1.74. The van der Waals surface area contributed by atoms with Gasteiger partial charge >= 0.3 is 6.03 Å². The highest BCUT2D eigenvalue weighted by molar-refractivity contribution is 6.33. The van der Waals surface area contributed by atoms with E-state index in [1.54, 1.807) is 18.3 Å². The molecule has 1 atom stereocenters. The summed E-state index contributed by atoms with van der Waals surface area (Å²) in [5.41, 5.74) is 1.98. The molecule has 9 nitrogen and oxygen atoms in total. The van der Waals surface area contributed by atoms with Gasteiger partial charge in [0.1, 0.15) is 18.5 Å². The van der Waals surface area contributed by atoms with Gasteiger partial charge in [0.25, 0.3) is 0 Å². The third-order valence-electron chi connectivity index (χ3n) is 4.23. The van der Waals surface area contributed by atoms with E-state index >= 15 is 0 Å². The molecule has 0 unspecified atom stereocenters. The van der Waals surface area contributed by atoms with Crippen LogP contribution in [0.5, 0.6) is 5.75 Å². The van der Waals surface area contributed by atoms with Crippen molar-refractivity contribution >= 4 is 34.8 Å². The number of ether oxygens (including phenoxy) is 2. The van der Waals surface area contributed by atoms with Gasteiger partial charge in [0.2, 0.25) is 0 Å². The lowest BCUT2D eigenvalue weighted by Gasteiger charge is -2.25. The van der Waals surface area contributed by atoms with E-state index in [0.29, 0.717) is 42.0 Å². The molecule has 156 valence electrons. The zero-order valence-corrected chi connectivity index (χ0v) is 17.4. The number of nitrogens with one attached hydrogen (secondary N) is 3. The standard InChI is InChI=1S/C19H25ClN6O3/c1-12-8-23-18(10-22-12)25-19(27)24-15-6-14(20)16(26(2)3)7-17(15)29-11-13-9-21-4-5-28-13/h6-8,10,13,21H,4-5,9,11H2,1-3H3,(H2,23,24,25,27)/t13-/m0/s1. The Morgan fingerprint density at radius 3 is 2.83 bits per heavy atom. The molecule has 0 aliphatic carbocycles. The van der Waals surface area contributed by atoms with Gasteiger partial charge < -0.3 is 25.0 Å². The monoisotopic (exact) mass is 420 g/mol. The molecule has 0 spiro atoms. The number of hydrogen-bond acceptors (Lipinski definition) is 7. The van der Waals surface area contributed by atoms with Crippen LogP contribution in [0.2, 0.25) is 5.02 Å². The smallest absolute Gasteiger partial charge is 0.325 e. The van der Waals surface area contributed by atoms with Crippen LogP contribution >= 0.6 is 11.6 Å². The van der Waals surface area contributed by atoms with Crippen molar-refractivity contribution in [2.24, 2.45) is 0 Å². The van der Waals surface area contributed by atoms with Crippen LogP contribution in [0.3, 0.4) is 0 Å². The van der Waals surface area contributed by atoms with Crippen LogP contribution in [0.25, 0.3) is 0 Å². The van der Waals surface area contributed by atoms with Gasteiger partial charge in [0.05, 0.1) is 41.1 Å². The second-order valence-corrected chi connectivity index (χ2v) is 7.23. The highest BCUT2D eigenvalue weighted by Crippen LogP contribution is 2.36. The Morgan fingerprint density at radius 1 is 1.34 bits per heavy atom. The predicted octanol–water partition coefficient (Wildman–Crippen LogP) is 2.52. The molecule has 1 fully saturated rings. The van der Waals surface area contributed by atoms with E-state index in [1.807, 2.05) is 25.9 Å². The zero-order valence-electron chi connectivity index (χ0n) is 16.7. The Hall–Kier alpha value is -2.62. The minimum atomic E-state index is -0.475. The molecular weight excluding hydrogens is 396 g/mol. The molecule has 1 aliphatic heterocycles. The lowest BCUT2D eigenvalue weighted by atomic mass is 10.2. The second kappa shape index (κ2) is 9.73. The number of urea groups is 1. The molecule has 1 saturated heterocycles. The fourth-order valence-electron chi connectivity index (χ4n) is 2.74. The lowest BCUT2D eigenvalue weighted by molar-refractivity contribution is 0.000359. The largest absolute Gasteiger partial charge is 0.489 e. The van der Waals surface area contributed by atoms with E-state index in [4.69, 9.17) is 21.1 Å². The number of carbonyl (C=O) groups is 1. The van der Waals surface area contributed by atoms with Gasteiger partial charge in [0.15, 0.2) is 5.82 Å². The Morgan fingerprint density at radius 2 is 2.17 bits per heavy atom. The Bertz CT molecular complexity index is 841. The normalized spacial score (nSPS) is 16.2. The summed E-state index contributed by atoms with van der Waals surface area (Å²) < 4.78 is 11.6. The van der Waals surface area contributed by atoms with Crippen molar-refractivity contribution in [3.05, 3.63) is 35.2 Å². The summed E-state index contributed by atoms with van der Waals surface area (Å²) in [5.74, 6) is 0.839. The fourth-order valence-corrected chi connectivity index (χ4v) is 3.07. The summed E-state index contributed by atoms with van der Waals surface area (Å²) in [7, 11) is 3.77. The van der Waals surface area contributed by atoms with Crippen LogP contribution in [0, 0.1) is 6.92 Å². The molecule has 2 aromatic rings. The third kappa shape index (κ3) is 5.93. The fraction of sp³-hybridized carbons (Fsp3) is 0.421. The minimum absolute atomic E-state index is 0.0632. The number of hydrogen-bond donors (Lipinski definition) is 3. The highest BCUT2D eigenvalue weighted by Gasteiger charge is 2.18. The van der Waals surface area contributed by atoms with Crippen molar-refractivity contribution in [2.75, 3.05) is 55.9 Å². The van der Waals surface area contributed by atoms with Crippen molar-refractivity contribution in [1.29, 1.82) is 0 Å². The average Bonchev–Trinajstić information content (AvgIpc) is 2.69. The molecule has 0 bridgehead atoms. The van der Waals surface area contributed by atoms with Gasteiger partial charge in [-0.2, -0.15) is 0 Å². The number of benzene rings is 1. The average molecular weight is 421 g/mol. The van der Waals surface area contributed by atoms with E-state index in [-0.39, 0.29) is 6.10 Å². The molecule has 1 aliphatic rings. The molecular formula is C19H25ClN6O3. The topological polar surface area (TPSA) is 101 Å². The first-order valence-corrected chi connectivity index (χ1v) is 9.63. The van der Waals surface area contributed by atoms with Gasteiger partial charge in [0, 0.05) is 33.3 Å². The van der Waals surface area contributed by atoms with Crippen molar-refractivity contribution in [2.45, 2.75) is 13.0 Å². The van der Waals surface area contributed by atoms with E-state index < -0.39 is 6.03 Å². The van der Waals surface area contributed by atoms with Gasteiger partial charge in [-0.25, -0.2) is 9.78 Å². The first-order valence-electron chi connectivity index (χ1n) is 9.25. The predicted molar refractivity (Wildman–Crippen MR) is 113 cm³/mol. The molecule has 1 aromatic heterocycles. The molecule has 3 N–H and O–H groups in total. The summed E-state index contributed by atoms with van der Waals surface area (Å²) in [6.07, 6.45) is 3.00. The maximum Gasteiger partial charge on any atom is 0.325 e. The van der Waals surface area contributed by atoms with Crippen LogP contribution in [0.4, 0.5) is 22.0 Å². The second-order valence-electron chi connectivity index (χ2n) is 6.82. The summed E-state index contributed by atoms with van der Waals surface area (Å²) in [6, 6.07) is 2.98. The van der Waals surface area contributed by atoms with Crippen LogP contribution in [-0.4, -0.2) is 62.5 Å². The first kappa shape index (κ1) is 21.1. The molecule has 0 radical (unpaired) electrons. The van der Waals surface area contributed by atoms with Crippen molar-refractivity contribution in [3.63, 3.8) is 0 Å². The number of aryl methyl sites for hydroxylation is 1. The number of halogens is 1. The lowest BCUT2D eigenvalue weighted by Crippen LogP contribution is -2.41. The van der Waals surface area contributed by atoms with E-state index in [1.165, 1.54) is 6.20 Å². The minimum Gasteiger partial charge on any atom is -0.489 e. The molecule has 2 amide bonds. The Kier molecular flexibility index (Phi) is 7.08. The maximum atomic E-state index is 12.4. The van der Waals surface area contributed by atoms with Crippen LogP contribution < -0.4 is 25.6 Å². The molecule has 3 rings (SSSR count). The number of rotatable bonds is 6. The SMILES string of the molecule is Cc1cnc(NC(=O)Nc2cc(Cl)c(N(C)C)cc2OC[C@@H]2CNCCO2)cn1. The van der Waals surface area contributed by atoms with E-state index in [9.17, 15) is 4.79 Å². The van der Waals surface area contributed by atoms with Crippen LogP contribution in [-0.2, 0) is 4.74 Å². The van der Waals surface area contributed by atoms with Gasteiger partial charge in [-0.3, -0.25) is 10.3 Å². The highest BCUT2D eigenvalue weighted by atomic mass is 35.5. The van der Waals surface area contributed by atoms with Gasteiger partial charge in [-0.1, -0.05) is 11.6 Å². The number of anilines is 3. The molecule has 1 aromatic carbocycles. The number of amides is 2. The van der Waals surface area contributed by atoms with Gasteiger partial charge in [-0.05, 0) is 13.0 Å². The van der Waals surface area contributed by atoms with Gasteiger partial charge in [-0.15, -0.1) is 0 Å². The molecule has 0 saturated carbocycles. The summed E-state index contributed by atoms with van der Waals surface area (Å²) >= 11 is 6.38. The molecule has 10 heteroatoms. The van der Waals surface area contributed by atoms with Crippen LogP contribution in [0.15, 0.2) is 24.5 Å². The summed E-state index contributed by atoms with van der Waals surface area (Å²) in [4.78, 5) is 22.5. The third-order valence-corrected chi connectivity index (χ3v) is 4.53. The van der Waals surface area contributed by atoms with Crippen LogP contribution in [0.1, 0.15) is 5.69 Å². The zero-order chi connectivity index (χ0) is 20.8. The quantitative estimate of drug-likeness (QED) is 0.660. The summed E-state index contributed by atoms with van der Waals surface area (Å²) in [6.45, 7) is 4.35.